The molecule has 0 atom stereocenters. The zero-order chi connectivity index (χ0) is 18.4. The van der Waals surface area contributed by atoms with E-state index in [0.717, 1.165) is 79.6 Å². The van der Waals surface area contributed by atoms with Crippen LogP contribution in [0.5, 0.6) is 0 Å². The number of rotatable bonds is 10. The standard InChI is InChI=1S/C20H29N5O/c1-3-5-12-17-24-18-19(25(17)13-8-9-14-26-22-4-2)15-10-6-7-11-16(15)23-20(18)21/h6-7,10-11,22H,3-5,8-9,12-14H2,1-2H3,(H2,21,23). The van der Waals surface area contributed by atoms with E-state index in [4.69, 9.17) is 15.6 Å². The molecule has 26 heavy (non-hydrogen) atoms. The maximum absolute atomic E-state index is 6.23. The van der Waals surface area contributed by atoms with Crippen molar-refractivity contribution < 1.29 is 4.84 Å². The van der Waals surface area contributed by atoms with Crippen LogP contribution in [0.4, 0.5) is 5.82 Å². The Morgan fingerprint density at radius 3 is 2.77 bits per heavy atom. The molecule has 0 aliphatic heterocycles. The van der Waals surface area contributed by atoms with Gasteiger partial charge in [0, 0.05) is 24.9 Å². The van der Waals surface area contributed by atoms with Gasteiger partial charge in [0.25, 0.3) is 0 Å². The number of pyridine rings is 1. The molecular formula is C20H29N5O. The number of imidazole rings is 1. The normalized spacial score (nSPS) is 11.6. The molecule has 140 valence electrons. The molecule has 0 spiro atoms. The molecule has 6 heteroatoms. The number of aromatic nitrogens is 3. The van der Waals surface area contributed by atoms with Gasteiger partial charge in [-0.2, -0.15) is 0 Å². The van der Waals surface area contributed by atoms with Gasteiger partial charge in [-0.25, -0.2) is 15.4 Å². The number of aryl methyl sites for hydroxylation is 2. The van der Waals surface area contributed by atoms with Crippen LogP contribution in [0.15, 0.2) is 24.3 Å². The van der Waals surface area contributed by atoms with Crippen molar-refractivity contribution >= 4 is 27.8 Å². The van der Waals surface area contributed by atoms with Crippen LogP contribution in [0.3, 0.4) is 0 Å². The van der Waals surface area contributed by atoms with Crippen molar-refractivity contribution in [3.8, 4) is 0 Å². The largest absolute Gasteiger partial charge is 0.382 e. The van der Waals surface area contributed by atoms with Crippen LogP contribution in [-0.2, 0) is 17.8 Å². The van der Waals surface area contributed by atoms with E-state index in [2.05, 4.69) is 28.0 Å². The lowest BCUT2D eigenvalue weighted by Gasteiger charge is -2.11. The number of hydrogen-bond donors (Lipinski definition) is 2. The number of anilines is 1. The van der Waals surface area contributed by atoms with Crippen LogP contribution >= 0.6 is 0 Å². The van der Waals surface area contributed by atoms with Crippen LogP contribution < -0.4 is 11.2 Å². The molecule has 2 aromatic heterocycles. The molecular weight excluding hydrogens is 326 g/mol. The summed E-state index contributed by atoms with van der Waals surface area (Å²) in [6.07, 6.45) is 5.27. The summed E-state index contributed by atoms with van der Waals surface area (Å²) < 4.78 is 2.35. The molecule has 3 aromatic rings. The zero-order valence-corrected chi connectivity index (χ0v) is 15.8. The Labute approximate surface area is 154 Å². The fourth-order valence-corrected chi connectivity index (χ4v) is 3.29. The fourth-order valence-electron chi connectivity index (χ4n) is 3.29. The Bertz CT molecular complexity index is 858. The SMILES string of the molecule is CCCCc1nc2c(N)nc3ccccc3c2n1CCCCONCC. The summed E-state index contributed by atoms with van der Waals surface area (Å²) in [5.41, 5.74) is 12.0. The number of fused-ring (bicyclic) bond motifs is 3. The molecule has 0 fully saturated rings. The lowest BCUT2D eigenvalue weighted by Crippen LogP contribution is -2.14. The summed E-state index contributed by atoms with van der Waals surface area (Å²) in [6, 6.07) is 8.17. The maximum atomic E-state index is 6.23. The molecule has 0 bridgehead atoms. The van der Waals surface area contributed by atoms with Crippen LogP contribution in [0, 0.1) is 0 Å². The molecule has 0 saturated carbocycles. The minimum absolute atomic E-state index is 0.519. The first-order valence-corrected chi connectivity index (χ1v) is 9.64. The van der Waals surface area contributed by atoms with Crippen molar-refractivity contribution in [1.29, 1.82) is 0 Å². The minimum Gasteiger partial charge on any atom is -0.382 e. The molecule has 0 unspecified atom stereocenters. The van der Waals surface area contributed by atoms with Crippen LogP contribution in [0.2, 0.25) is 0 Å². The van der Waals surface area contributed by atoms with E-state index < -0.39 is 0 Å². The second kappa shape index (κ2) is 8.96. The van der Waals surface area contributed by atoms with Gasteiger partial charge in [0.2, 0.25) is 0 Å². The van der Waals surface area contributed by atoms with E-state index in [-0.39, 0.29) is 0 Å². The van der Waals surface area contributed by atoms with Crippen molar-refractivity contribution in [1.82, 2.24) is 20.0 Å². The van der Waals surface area contributed by atoms with E-state index >= 15 is 0 Å². The number of nitrogen functional groups attached to an aromatic ring is 1. The summed E-state index contributed by atoms with van der Waals surface area (Å²) in [4.78, 5) is 14.8. The second-order valence-electron chi connectivity index (χ2n) is 6.55. The van der Waals surface area contributed by atoms with E-state index in [1.54, 1.807) is 0 Å². The third-order valence-electron chi connectivity index (χ3n) is 4.57. The molecule has 2 heterocycles. The third-order valence-corrected chi connectivity index (χ3v) is 4.57. The highest BCUT2D eigenvalue weighted by atomic mass is 16.6. The first-order chi connectivity index (χ1) is 12.8. The van der Waals surface area contributed by atoms with Crippen LogP contribution in [-0.4, -0.2) is 27.7 Å². The summed E-state index contributed by atoms with van der Waals surface area (Å²) in [5, 5.41) is 1.12. The van der Waals surface area contributed by atoms with E-state index in [1.807, 2.05) is 25.1 Å². The van der Waals surface area contributed by atoms with Gasteiger partial charge in [-0.15, -0.1) is 0 Å². The Morgan fingerprint density at radius 2 is 1.96 bits per heavy atom. The highest BCUT2D eigenvalue weighted by Crippen LogP contribution is 2.29. The maximum Gasteiger partial charge on any atom is 0.152 e. The van der Waals surface area contributed by atoms with Crippen LogP contribution in [0.1, 0.15) is 45.4 Å². The van der Waals surface area contributed by atoms with Crippen molar-refractivity contribution in [3.63, 3.8) is 0 Å². The predicted molar refractivity (Wildman–Crippen MR) is 107 cm³/mol. The second-order valence-corrected chi connectivity index (χ2v) is 6.55. The van der Waals surface area contributed by atoms with Gasteiger partial charge in [-0.1, -0.05) is 38.5 Å². The topological polar surface area (TPSA) is 78.0 Å². The summed E-state index contributed by atoms with van der Waals surface area (Å²) in [5.74, 6) is 1.63. The lowest BCUT2D eigenvalue weighted by molar-refractivity contribution is 0.0417. The molecule has 0 aliphatic carbocycles. The highest BCUT2D eigenvalue weighted by Gasteiger charge is 2.16. The molecule has 0 saturated heterocycles. The van der Waals surface area contributed by atoms with Crippen molar-refractivity contribution in [2.45, 2.75) is 52.5 Å². The highest BCUT2D eigenvalue weighted by molar-refractivity contribution is 6.06. The first-order valence-electron chi connectivity index (χ1n) is 9.64. The Morgan fingerprint density at radius 1 is 1.12 bits per heavy atom. The van der Waals surface area contributed by atoms with Gasteiger partial charge >= 0.3 is 0 Å². The Kier molecular flexibility index (Phi) is 6.41. The van der Waals surface area contributed by atoms with Gasteiger partial charge in [0.1, 0.15) is 11.3 Å². The summed E-state index contributed by atoms with van der Waals surface area (Å²) in [7, 11) is 0. The number of unbranched alkanes of at least 4 members (excludes halogenated alkanes) is 2. The van der Waals surface area contributed by atoms with E-state index in [1.165, 1.54) is 0 Å². The molecule has 3 rings (SSSR count). The lowest BCUT2D eigenvalue weighted by atomic mass is 10.2. The quantitative estimate of drug-likeness (QED) is 0.427. The van der Waals surface area contributed by atoms with Gasteiger partial charge in [0.15, 0.2) is 5.82 Å². The average Bonchev–Trinajstić information content (AvgIpc) is 3.02. The predicted octanol–water partition coefficient (Wildman–Crippen LogP) is 3.83. The molecule has 6 nitrogen and oxygen atoms in total. The van der Waals surface area contributed by atoms with Gasteiger partial charge < -0.3 is 15.1 Å². The molecule has 0 amide bonds. The van der Waals surface area contributed by atoms with Gasteiger partial charge in [-0.3, -0.25) is 0 Å². The van der Waals surface area contributed by atoms with Crippen LogP contribution in [0.25, 0.3) is 21.9 Å². The minimum atomic E-state index is 0.519. The first kappa shape index (κ1) is 18.6. The number of hydroxylamine groups is 1. The monoisotopic (exact) mass is 355 g/mol. The van der Waals surface area contributed by atoms with E-state index in [0.29, 0.717) is 5.82 Å². The molecule has 3 N–H and O–H groups in total. The number of nitrogens with one attached hydrogen (secondary N) is 1. The summed E-state index contributed by atoms with van der Waals surface area (Å²) >= 11 is 0. The average molecular weight is 355 g/mol. The third kappa shape index (κ3) is 3.97. The van der Waals surface area contributed by atoms with Gasteiger partial charge in [0.05, 0.1) is 17.6 Å². The zero-order valence-electron chi connectivity index (χ0n) is 15.8. The number of nitrogens with zero attached hydrogens (tertiary/aromatic N) is 3. The molecule has 1 aromatic carbocycles. The van der Waals surface area contributed by atoms with E-state index in [9.17, 15) is 0 Å². The van der Waals surface area contributed by atoms with Crippen molar-refractivity contribution in [2.24, 2.45) is 0 Å². The summed E-state index contributed by atoms with van der Waals surface area (Å²) in [6.45, 7) is 6.69. The molecule has 0 aliphatic rings. The Balaban J connectivity index is 1.94. The number of hydrogen-bond acceptors (Lipinski definition) is 5. The van der Waals surface area contributed by atoms with Gasteiger partial charge in [-0.05, 0) is 25.3 Å². The van der Waals surface area contributed by atoms with Crippen molar-refractivity contribution in [2.75, 3.05) is 18.9 Å². The fraction of sp³-hybridized carbons (Fsp3) is 0.500. The smallest absolute Gasteiger partial charge is 0.152 e. The number of benzene rings is 1. The Hall–Kier alpha value is -2.18. The molecule has 0 radical (unpaired) electrons. The number of nitrogens with two attached hydrogens (primary N) is 1. The number of para-hydroxylation sites is 1. The van der Waals surface area contributed by atoms with Crippen molar-refractivity contribution in [3.05, 3.63) is 30.1 Å².